The molecule has 0 aromatic carbocycles. The first-order valence-corrected chi connectivity index (χ1v) is 6.10. The third-order valence-corrected chi connectivity index (χ3v) is 3.63. The molecule has 0 spiro atoms. The molecule has 3 heteroatoms. The van der Waals surface area contributed by atoms with Gasteiger partial charge in [0.2, 0.25) is 0 Å². The van der Waals surface area contributed by atoms with Crippen LogP contribution >= 0.6 is 0 Å². The molecule has 0 aromatic rings. The highest BCUT2D eigenvalue weighted by Crippen LogP contribution is 2.26. The van der Waals surface area contributed by atoms with Gasteiger partial charge in [0.1, 0.15) is 6.23 Å². The molecule has 88 valence electrons. The van der Waals surface area contributed by atoms with Gasteiger partial charge >= 0.3 is 0 Å². The van der Waals surface area contributed by atoms with Gasteiger partial charge in [0.05, 0.1) is 6.61 Å². The van der Waals surface area contributed by atoms with Gasteiger partial charge in [-0.2, -0.15) is 0 Å². The average molecular weight is 212 g/mol. The first kappa shape index (κ1) is 11.4. The monoisotopic (exact) mass is 212 g/mol. The first-order chi connectivity index (χ1) is 7.07. The summed E-state index contributed by atoms with van der Waals surface area (Å²) < 4.78 is 5.94. The predicted octanol–water partition coefficient (Wildman–Crippen LogP) is 1.30. The molecule has 2 rings (SSSR count). The van der Waals surface area contributed by atoms with E-state index in [1.807, 2.05) is 0 Å². The Hall–Kier alpha value is -0.120. The molecule has 0 aliphatic carbocycles. The van der Waals surface area contributed by atoms with E-state index in [0.717, 1.165) is 19.1 Å². The Morgan fingerprint density at radius 3 is 2.47 bits per heavy atom. The van der Waals surface area contributed by atoms with Crippen molar-refractivity contribution in [1.82, 2.24) is 10.2 Å². The second-order valence-corrected chi connectivity index (χ2v) is 5.92. The fourth-order valence-electron chi connectivity index (χ4n) is 2.44. The second-order valence-electron chi connectivity index (χ2n) is 5.92. The molecule has 0 radical (unpaired) electrons. The Morgan fingerprint density at radius 1 is 1.27 bits per heavy atom. The van der Waals surface area contributed by atoms with E-state index >= 15 is 0 Å². The second kappa shape index (κ2) is 4.40. The standard InChI is InChI=1S/C12H24N2O/c1-12(2)8-13-11(15-9-12)10-4-6-14(3)7-5-10/h10-11,13H,4-9H2,1-3H3. The van der Waals surface area contributed by atoms with Crippen LogP contribution in [0.1, 0.15) is 26.7 Å². The summed E-state index contributed by atoms with van der Waals surface area (Å²) in [6.45, 7) is 8.93. The number of nitrogens with one attached hydrogen (secondary N) is 1. The maximum Gasteiger partial charge on any atom is 0.111 e. The Bertz CT molecular complexity index is 200. The van der Waals surface area contributed by atoms with Crippen molar-refractivity contribution in [3.05, 3.63) is 0 Å². The molecule has 2 heterocycles. The van der Waals surface area contributed by atoms with E-state index in [0.29, 0.717) is 11.6 Å². The van der Waals surface area contributed by atoms with Crippen molar-refractivity contribution in [2.45, 2.75) is 32.9 Å². The number of hydrogen-bond donors (Lipinski definition) is 1. The van der Waals surface area contributed by atoms with E-state index in [-0.39, 0.29) is 0 Å². The normalized spacial score (nSPS) is 34.2. The minimum atomic E-state index is 0.307. The van der Waals surface area contributed by atoms with Crippen molar-refractivity contribution in [3.63, 3.8) is 0 Å². The SMILES string of the molecule is CN1CCC(C2NCC(C)(C)CO2)CC1. The Kier molecular flexibility index (Phi) is 3.33. The lowest BCUT2D eigenvalue weighted by molar-refractivity contribution is -0.0940. The summed E-state index contributed by atoms with van der Waals surface area (Å²) in [5, 5.41) is 3.55. The molecular formula is C12H24N2O. The molecule has 0 saturated carbocycles. The van der Waals surface area contributed by atoms with Crippen LogP contribution < -0.4 is 5.32 Å². The van der Waals surface area contributed by atoms with Crippen LogP contribution in [0.2, 0.25) is 0 Å². The van der Waals surface area contributed by atoms with Crippen molar-refractivity contribution in [3.8, 4) is 0 Å². The fourth-order valence-corrected chi connectivity index (χ4v) is 2.44. The molecule has 2 aliphatic rings. The molecule has 0 amide bonds. The minimum Gasteiger partial charge on any atom is -0.362 e. The van der Waals surface area contributed by atoms with Gasteiger partial charge in [-0.3, -0.25) is 5.32 Å². The largest absolute Gasteiger partial charge is 0.362 e. The quantitative estimate of drug-likeness (QED) is 0.709. The van der Waals surface area contributed by atoms with E-state index in [1.54, 1.807) is 0 Å². The van der Waals surface area contributed by atoms with Crippen LogP contribution in [-0.2, 0) is 4.74 Å². The number of likely N-dealkylation sites (tertiary alicyclic amines) is 1. The zero-order valence-corrected chi connectivity index (χ0v) is 10.3. The highest BCUT2D eigenvalue weighted by atomic mass is 16.5. The topological polar surface area (TPSA) is 24.5 Å². The van der Waals surface area contributed by atoms with Gasteiger partial charge in [0.15, 0.2) is 0 Å². The highest BCUT2D eigenvalue weighted by molar-refractivity contribution is 4.83. The smallest absolute Gasteiger partial charge is 0.111 e. The molecule has 2 aliphatic heterocycles. The zero-order valence-electron chi connectivity index (χ0n) is 10.3. The predicted molar refractivity (Wildman–Crippen MR) is 61.7 cm³/mol. The van der Waals surface area contributed by atoms with Gasteiger partial charge in [0, 0.05) is 17.9 Å². The molecule has 15 heavy (non-hydrogen) atoms. The maximum absolute atomic E-state index is 5.94. The van der Waals surface area contributed by atoms with Gasteiger partial charge in [-0.1, -0.05) is 13.8 Å². The zero-order chi connectivity index (χ0) is 10.9. The van der Waals surface area contributed by atoms with E-state index in [1.165, 1.54) is 25.9 Å². The van der Waals surface area contributed by atoms with Crippen molar-refractivity contribution < 1.29 is 4.74 Å². The molecule has 0 aromatic heterocycles. The fraction of sp³-hybridized carbons (Fsp3) is 1.00. The summed E-state index contributed by atoms with van der Waals surface area (Å²) in [7, 11) is 2.20. The summed E-state index contributed by atoms with van der Waals surface area (Å²) in [5.74, 6) is 0.720. The third-order valence-electron chi connectivity index (χ3n) is 3.63. The van der Waals surface area contributed by atoms with Crippen LogP contribution in [0.25, 0.3) is 0 Å². The molecule has 1 unspecified atom stereocenters. The summed E-state index contributed by atoms with van der Waals surface area (Å²) in [5.41, 5.74) is 0.307. The molecular weight excluding hydrogens is 188 g/mol. The van der Waals surface area contributed by atoms with Crippen molar-refractivity contribution in [2.24, 2.45) is 11.3 Å². The minimum absolute atomic E-state index is 0.307. The molecule has 0 bridgehead atoms. The van der Waals surface area contributed by atoms with Crippen LogP contribution in [0.5, 0.6) is 0 Å². The molecule has 1 N–H and O–H groups in total. The number of ether oxygens (including phenoxy) is 1. The van der Waals surface area contributed by atoms with E-state index < -0.39 is 0 Å². The van der Waals surface area contributed by atoms with E-state index in [2.05, 4.69) is 31.1 Å². The first-order valence-electron chi connectivity index (χ1n) is 6.10. The molecule has 3 nitrogen and oxygen atoms in total. The van der Waals surface area contributed by atoms with Crippen molar-refractivity contribution >= 4 is 0 Å². The van der Waals surface area contributed by atoms with Gasteiger partial charge in [-0.05, 0) is 33.0 Å². The Labute approximate surface area is 93.2 Å². The molecule has 2 saturated heterocycles. The Morgan fingerprint density at radius 2 is 1.93 bits per heavy atom. The lowest BCUT2D eigenvalue weighted by Gasteiger charge is -2.41. The average Bonchev–Trinajstić information content (AvgIpc) is 2.20. The summed E-state index contributed by atoms with van der Waals surface area (Å²) >= 11 is 0. The van der Waals surface area contributed by atoms with Crippen molar-refractivity contribution in [2.75, 3.05) is 33.3 Å². The van der Waals surface area contributed by atoms with Crippen molar-refractivity contribution in [1.29, 1.82) is 0 Å². The molecule has 2 fully saturated rings. The number of piperidine rings is 1. The lowest BCUT2D eigenvalue weighted by Crippen LogP contribution is -2.52. The van der Waals surface area contributed by atoms with Crippen LogP contribution in [-0.4, -0.2) is 44.4 Å². The van der Waals surface area contributed by atoms with Gasteiger partial charge in [-0.15, -0.1) is 0 Å². The van der Waals surface area contributed by atoms with E-state index in [9.17, 15) is 0 Å². The Balaban J connectivity index is 1.80. The summed E-state index contributed by atoms with van der Waals surface area (Å²) in [4.78, 5) is 2.41. The van der Waals surface area contributed by atoms with Gasteiger partial charge in [-0.25, -0.2) is 0 Å². The lowest BCUT2D eigenvalue weighted by atomic mass is 9.90. The van der Waals surface area contributed by atoms with Gasteiger partial charge < -0.3 is 9.64 Å². The van der Waals surface area contributed by atoms with Crippen LogP contribution in [0, 0.1) is 11.3 Å². The third kappa shape index (κ3) is 2.92. The number of hydrogen-bond acceptors (Lipinski definition) is 3. The summed E-state index contributed by atoms with van der Waals surface area (Å²) in [6.07, 6.45) is 2.86. The van der Waals surface area contributed by atoms with Gasteiger partial charge in [0.25, 0.3) is 0 Å². The number of nitrogens with zero attached hydrogens (tertiary/aromatic N) is 1. The summed E-state index contributed by atoms with van der Waals surface area (Å²) in [6, 6.07) is 0. The van der Waals surface area contributed by atoms with Crippen LogP contribution in [0.4, 0.5) is 0 Å². The maximum atomic E-state index is 5.94. The highest BCUT2D eigenvalue weighted by Gasteiger charge is 2.32. The van der Waals surface area contributed by atoms with Crippen LogP contribution in [0.15, 0.2) is 0 Å². The molecule has 1 atom stereocenters. The van der Waals surface area contributed by atoms with E-state index in [4.69, 9.17) is 4.74 Å². The number of rotatable bonds is 1. The van der Waals surface area contributed by atoms with Crippen LogP contribution in [0.3, 0.4) is 0 Å².